The third-order valence-corrected chi connectivity index (χ3v) is 3.57. The number of rotatable bonds is 7. The Morgan fingerprint density at radius 2 is 1.92 bits per heavy atom. The van der Waals surface area contributed by atoms with E-state index in [-0.39, 0.29) is 0 Å². The van der Waals surface area contributed by atoms with E-state index in [1.54, 1.807) is 7.11 Å². The van der Waals surface area contributed by atoms with Gasteiger partial charge in [0.15, 0.2) is 17.5 Å². The summed E-state index contributed by atoms with van der Waals surface area (Å²) in [6, 6.07) is 13.9. The Morgan fingerprint density at radius 3 is 2.62 bits per heavy atom. The van der Waals surface area contributed by atoms with Crippen molar-refractivity contribution < 1.29 is 9.47 Å². The van der Waals surface area contributed by atoms with Gasteiger partial charge in [0.25, 0.3) is 0 Å². The summed E-state index contributed by atoms with van der Waals surface area (Å²) >= 11 is 0. The minimum Gasteiger partial charge on any atom is -0.493 e. The van der Waals surface area contributed by atoms with Crippen molar-refractivity contribution in [2.45, 2.75) is 26.8 Å². The summed E-state index contributed by atoms with van der Waals surface area (Å²) in [7, 11) is 1.63. The molecule has 2 rings (SSSR count). The van der Waals surface area contributed by atoms with Crippen LogP contribution < -0.4 is 20.5 Å². The predicted molar refractivity (Wildman–Crippen MR) is 98.9 cm³/mol. The van der Waals surface area contributed by atoms with Crippen molar-refractivity contribution in [2.75, 3.05) is 19.0 Å². The first kappa shape index (κ1) is 17.7. The van der Waals surface area contributed by atoms with Crippen molar-refractivity contribution in [2.24, 2.45) is 10.7 Å². The fraction of sp³-hybridized carbons (Fsp3) is 0.316. The van der Waals surface area contributed by atoms with Crippen LogP contribution in [-0.4, -0.2) is 19.7 Å². The van der Waals surface area contributed by atoms with Crippen LogP contribution in [0.4, 0.5) is 5.69 Å². The van der Waals surface area contributed by atoms with Crippen LogP contribution in [0.2, 0.25) is 0 Å². The van der Waals surface area contributed by atoms with Gasteiger partial charge in [-0.05, 0) is 48.7 Å². The quantitative estimate of drug-likeness (QED) is 0.602. The Kier molecular flexibility index (Phi) is 6.49. The maximum atomic E-state index is 5.98. The molecule has 0 aromatic heterocycles. The number of aliphatic imine (C=N–C) groups is 1. The van der Waals surface area contributed by atoms with Gasteiger partial charge in [-0.1, -0.05) is 25.1 Å². The molecule has 128 valence electrons. The number of aryl methyl sites for hydroxylation is 1. The highest BCUT2D eigenvalue weighted by Gasteiger charge is 2.05. The second-order valence-electron chi connectivity index (χ2n) is 5.30. The molecule has 0 saturated heterocycles. The highest BCUT2D eigenvalue weighted by atomic mass is 16.5. The molecule has 2 aromatic rings. The van der Waals surface area contributed by atoms with Crippen LogP contribution in [0.5, 0.6) is 11.5 Å². The number of hydrogen-bond acceptors (Lipinski definition) is 3. The van der Waals surface area contributed by atoms with E-state index in [0.29, 0.717) is 24.9 Å². The lowest BCUT2D eigenvalue weighted by Crippen LogP contribution is -2.22. The average Bonchev–Trinajstić information content (AvgIpc) is 2.60. The Morgan fingerprint density at radius 1 is 1.08 bits per heavy atom. The smallest absolute Gasteiger partial charge is 0.193 e. The predicted octanol–water partition coefficient (Wildman–Crippen LogP) is 3.58. The molecule has 0 aliphatic heterocycles. The first-order chi connectivity index (χ1) is 11.7. The standard InChI is InChI=1S/C19H25N3O2/c1-4-14-7-6-8-16(11-14)22-19(20)21-13-15-9-10-17(23-3)18(12-15)24-5-2/h6-12H,4-5,13H2,1-3H3,(H3,20,21,22). The Bertz CT molecular complexity index is 699. The van der Waals surface area contributed by atoms with Gasteiger partial charge >= 0.3 is 0 Å². The summed E-state index contributed by atoms with van der Waals surface area (Å²) in [6.45, 7) is 5.11. The van der Waals surface area contributed by atoms with Gasteiger partial charge in [-0.25, -0.2) is 4.99 Å². The molecule has 0 unspecified atom stereocenters. The van der Waals surface area contributed by atoms with Gasteiger partial charge in [-0.2, -0.15) is 0 Å². The fourth-order valence-corrected chi connectivity index (χ4v) is 2.32. The highest BCUT2D eigenvalue weighted by Crippen LogP contribution is 2.28. The summed E-state index contributed by atoms with van der Waals surface area (Å²) in [4.78, 5) is 4.39. The van der Waals surface area contributed by atoms with Crippen molar-refractivity contribution in [3.05, 3.63) is 53.6 Å². The summed E-state index contributed by atoms with van der Waals surface area (Å²) in [5.41, 5.74) is 9.19. The highest BCUT2D eigenvalue weighted by molar-refractivity contribution is 5.92. The van der Waals surface area contributed by atoms with E-state index >= 15 is 0 Å². The van der Waals surface area contributed by atoms with E-state index in [4.69, 9.17) is 15.2 Å². The van der Waals surface area contributed by atoms with Crippen LogP contribution in [0.25, 0.3) is 0 Å². The van der Waals surface area contributed by atoms with E-state index < -0.39 is 0 Å². The largest absolute Gasteiger partial charge is 0.493 e. The molecule has 0 heterocycles. The van der Waals surface area contributed by atoms with Crippen molar-refractivity contribution in [1.82, 2.24) is 0 Å². The summed E-state index contributed by atoms with van der Waals surface area (Å²) in [6.07, 6.45) is 0.985. The normalized spacial score (nSPS) is 11.2. The molecular weight excluding hydrogens is 302 g/mol. The molecule has 0 atom stereocenters. The third kappa shape index (κ3) is 4.91. The molecule has 0 spiro atoms. The molecule has 0 fully saturated rings. The van der Waals surface area contributed by atoms with Crippen molar-refractivity contribution in [1.29, 1.82) is 0 Å². The van der Waals surface area contributed by atoms with Crippen LogP contribution in [0.1, 0.15) is 25.0 Å². The first-order valence-corrected chi connectivity index (χ1v) is 8.11. The minimum atomic E-state index is 0.386. The maximum Gasteiger partial charge on any atom is 0.193 e. The molecule has 0 saturated carbocycles. The van der Waals surface area contributed by atoms with E-state index in [1.165, 1.54) is 5.56 Å². The molecule has 0 aliphatic rings. The molecule has 0 amide bonds. The zero-order chi connectivity index (χ0) is 17.4. The number of nitrogens with zero attached hydrogens (tertiary/aromatic N) is 1. The average molecular weight is 327 g/mol. The van der Waals surface area contributed by atoms with E-state index in [1.807, 2.05) is 37.3 Å². The lowest BCUT2D eigenvalue weighted by molar-refractivity contribution is 0.310. The van der Waals surface area contributed by atoms with Crippen molar-refractivity contribution >= 4 is 11.6 Å². The van der Waals surface area contributed by atoms with Gasteiger partial charge in [0, 0.05) is 5.69 Å². The van der Waals surface area contributed by atoms with Crippen LogP contribution in [-0.2, 0) is 13.0 Å². The number of methoxy groups -OCH3 is 1. The first-order valence-electron chi connectivity index (χ1n) is 8.11. The van der Waals surface area contributed by atoms with Gasteiger partial charge in [0.2, 0.25) is 0 Å². The van der Waals surface area contributed by atoms with Crippen molar-refractivity contribution in [3.63, 3.8) is 0 Å². The monoisotopic (exact) mass is 327 g/mol. The Hall–Kier alpha value is -2.69. The van der Waals surface area contributed by atoms with E-state index in [2.05, 4.69) is 29.4 Å². The SMILES string of the molecule is CCOc1cc(CN=C(N)Nc2cccc(CC)c2)ccc1OC. The minimum absolute atomic E-state index is 0.386. The lowest BCUT2D eigenvalue weighted by atomic mass is 10.1. The molecular formula is C19H25N3O2. The molecule has 5 heteroatoms. The zero-order valence-corrected chi connectivity index (χ0v) is 14.5. The van der Waals surface area contributed by atoms with Gasteiger partial charge in [0.05, 0.1) is 20.3 Å². The number of hydrogen-bond donors (Lipinski definition) is 2. The number of benzene rings is 2. The molecule has 5 nitrogen and oxygen atoms in total. The maximum absolute atomic E-state index is 5.98. The number of guanidine groups is 1. The summed E-state index contributed by atoms with van der Waals surface area (Å²) in [5, 5.41) is 3.12. The molecule has 0 aliphatic carbocycles. The lowest BCUT2D eigenvalue weighted by Gasteiger charge is -2.11. The topological polar surface area (TPSA) is 68.9 Å². The Balaban J connectivity index is 2.04. The molecule has 2 aromatic carbocycles. The summed E-state index contributed by atoms with van der Waals surface area (Å²) < 4.78 is 10.9. The molecule has 3 N–H and O–H groups in total. The van der Waals surface area contributed by atoms with Crippen molar-refractivity contribution in [3.8, 4) is 11.5 Å². The van der Waals surface area contributed by atoms with Gasteiger partial charge < -0.3 is 20.5 Å². The van der Waals surface area contributed by atoms with E-state index in [0.717, 1.165) is 23.4 Å². The second-order valence-corrected chi connectivity index (χ2v) is 5.30. The number of nitrogens with two attached hydrogens (primary N) is 1. The Labute approximate surface area is 143 Å². The van der Waals surface area contributed by atoms with Crippen LogP contribution in [0, 0.1) is 0 Å². The molecule has 0 radical (unpaired) electrons. The number of anilines is 1. The molecule has 0 bridgehead atoms. The number of ether oxygens (including phenoxy) is 2. The van der Waals surface area contributed by atoms with Gasteiger partial charge in [-0.3, -0.25) is 0 Å². The van der Waals surface area contributed by atoms with Crippen LogP contribution >= 0.6 is 0 Å². The van der Waals surface area contributed by atoms with Crippen LogP contribution in [0.15, 0.2) is 47.5 Å². The van der Waals surface area contributed by atoms with E-state index in [9.17, 15) is 0 Å². The van der Waals surface area contributed by atoms with Crippen LogP contribution in [0.3, 0.4) is 0 Å². The second kappa shape index (κ2) is 8.82. The number of nitrogens with one attached hydrogen (secondary N) is 1. The zero-order valence-electron chi connectivity index (χ0n) is 14.5. The van der Waals surface area contributed by atoms with Gasteiger partial charge in [-0.15, -0.1) is 0 Å². The molecule has 24 heavy (non-hydrogen) atoms. The fourth-order valence-electron chi connectivity index (χ4n) is 2.32. The van der Waals surface area contributed by atoms with Gasteiger partial charge in [0.1, 0.15) is 0 Å². The summed E-state index contributed by atoms with van der Waals surface area (Å²) in [5.74, 6) is 1.82. The third-order valence-electron chi connectivity index (χ3n) is 3.57.